The number of aromatic nitrogens is 6. The SMILES string of the molecule is CC(C)(C)c1nnc2ccc(N3CCC(n4c(=O)[nH]c5ccccc54)CC3)nn12. The minimum absolute atomic E-state index is 0.0245. The van der Waals surface area contributed by atoms with Crippen molar-refractivity contribution in [3.8, 4) is 0 Å². The van der Waals surface area contributed by atoms with Crippen LogP contribution in [0.1, 0.15) is 45.5 Å². The van der Waals surface area contributed by atoms with E-state index in [1.165, 1.54) is 0 Å². The van der Waals surface area contributed by atoms with Gasteiger partial charge in [-0.05, 0) is 37.1 Å². The fraction of sp³-hybridized carbons (Fsp3) is 0.429. The molecule has 8 heteroatoms. The normalized spacial score (nSPS) is 16.2. The number of benzene rings is 1. The number of hydrogen-bond acceptors (Lipinski definition) is 5. The molecule has 0 unspecified atom stereocenters. The third kappa shape index (κ3) is 2.99. The van der Waals surface area contributed by atoms with E-state index >= 15 is 0 Å². The zero-order chi connectivity index (χ0) is 20.2. The number of rotatable bonds is 2. The summed E-state index contributed by atoms with van der Waals surface area (Å²) >= 11 is 0. The second-order valence-electron chi connectivity index (χ2n) is 8.77. The summed E-state index contributed by atoms with van der Waals surface area (Å²) in [6, 6.07) is 12.1. The maximum Gasteiger partial charge on any atom is 0.326 e. The zero-order valence-corrected chi connectivity index (χ0v) is 17.0. The molecule has 0 aliphatic carbocycles. The Bertz CT molecular complexity index is 1240. The van der Waals surface area contributed by atoms with Crippen molar-refractivity contribution in [2.75, 3.05) is 18.0 Å². The molecule has 0 spiro atoms. The highest BCUT2D eigenvalue weighted by atomic mass is 16.1. The fourth-order valence-corrected chi connectivity index (χ4v) is 4.21. The molecular formula is C21H25N7O. The summed E-state index contributed by atoms with van der Waals surface area (Å²) in [5.41, 5.74) is 2.49. The lowest BCUT2D eigenvalue weighted by atomic mass is 9.96. The molecule has 0 radical (unpaired) electrons. The Morgan fingerprint density at radius 1 is 1.03 bits per heavy atom. The van der Waals surface area contributed by atoms with Crippen molar-refractivity contribution >= 4 is 22.5 Å². The van der Waals surface area contributed by atoms with Crippen LogP contribution < -0.4 is 10.6 Å². The van der Waals surface area contributed by atoms with Crippen molar-refractivity contribution in [3.05, 3.63) is 52.7 Å². The number of para-hydroxylation sites is 2. The summed E-state index contributed by atoms with van der Waals surface area (Å²) in [6.45, 7) is 8.04. The third-order valence-electron chi connectivity index (χ3n) is 5.70. The standard InChI is InChI=1S/C21H25N7O/c1-21(2,3)19-24-23-17-8-9-18(25-28(17)19)26-12-10-14(11-13-26)27-16-7-5-4-6-15(16)22-20(27)29/h4-9,14H,10-13H2,1-3H3,(H,22,29). The molecule has 5 rings (SSSR count). The minimum atomic E-state index is -0.130. The lowest BCUT2D eigenvalue weighted by Gasteiger charge is -2.33. The van der Waals surface area contributed by atoms with Crippen molar-refractivity contribution in [2.45, 2.75) is 45.1 Å². The number of imidazole rings is 1. The maximum absolute atomic E-state index is 12.5. The highest BCUT2D eigenvalue weighted by molar-refractivity contribution is 5.75. The lowest BCUT2D eigenvalue weighted by Crippen LogP contribution is -2.37. The highest BCUT2D eigenvalue weighted by Crippen LogP contribution is 2.28. The predicted molar refractivity (Wildman–Crippen MR) is 113 cm³/mol. The molecule has 1 aliphatic heterocycles. The van der Waals surface area contributed by atoms with Gasteiger partial charge in [-0.2, -0.15) is 4.52 Å². The minimum Gasteiger partial charge on any atom is -0.355 e. The van der Waals surface area contributed by atoms with Crippen LogP contribution in [-0.4, -0.2) is 42.5 Å². The Morgan fingerprint density at radius 2 is 1.79 bits per heavy atom. The molecule has 1 N–H and O–H groups in total. The Hall–Kier alpha value is -3.16. The second kappa shape index (κ2) is 6.43. The second-order valence-corrected chi connectivity index (χ2v) is 8.77. The number of nitrogens with zero attached hydrogens (tertiary/aromatic N) is 6. The Balaban J connectivity index is 1.40. The molecule has 1 aromatic carbocycles. The van der Waals surface area contributed by atoms with Gasteiger partial charge >= 0.3 is 5.69 Å². The van der Waals surface area contributed by atoms with E-state index in [1.54, 1.807) is 0 Å². The Labute approximate surface area is 168 Å². The molecule has 1 aliphatic rings. The van der Waals surface area contributed by atoms with Crippen LogP contribution in [0.15, 0.2) is 41.2 Å². The smallest absolute Gasteiger partial charge is 0.326 e. The Morgan fingerprint density at radius 3 is 2.55 bits per heavy atom. The van der Waals surface area contributed by atoms with Crippen LogP contribution in [-0.2, 0) is 5.41 Å². The molecule has 0 bridgehead atoms. The van der Waals surface area contributed by atoms with Crippen LogP contribution >= 0.6 is 0 Å². The van der Waals surface area contributed by atoms with Gasteiger partial charge < -0.3 is 9.88 Å². The molecule has 0 amide bonds. The maximum atomic E-state index is 12.5. The first-order chi connectivity index (χ1) is 13.9. The summed E-state index contributed by atoms with van der Waals surface area (Å²) in [7, 11) is 0. The van der Waals surface area contributed by atoms with Crippen LogP contribution in [0, 0.1) is 0 Å². The van der Waals surface area contributed by atoms with E-state index in [0.29, 0.717) is 0 Å². The molecule has 1 fully saturated rings. The number of aromatic amines is 1. The lowest BCUT2D eigenvalue weighted by molar-refractivity contribution is 0.394. The molecule has 4 aromatic rings. The van der Waals surface area contributed by atoms with Gasteiger partial charge in [0.2, 0.25) is 0 Å². The van der Waals surface area contributed by atoms with Gasteiger partial charge in [0.1, 0.15) is 5.82 Å². The monoisotopic (exact) mass is 391 g/mol. The van der Waals surface area contributed by atoms with Crippen LogP contribution in [0.25, 0.3) is 16.7 Å². The van der Waals surface area contributed by atoms with E-state index in [2.05, 4.69) is 40.9 Å². The summed E-state index contributed by atoms with van der Waals surface area (Å²) in [5.74, 6) is 1.78. The summed E-state index contributed by atoms with van der Waals surface area (Å²) in [6.07, 6.45) is 1.80. The predicted octanol–water partition coefficient (Wildman–Crippen LogP) is 2.91. The van der Waals surface area contributed by atoms with Gasteiger partial charge in [-0.15, -0.1) is 15.3 Å². The average Bonchev–Trinajstić information content (AvgIpc) is 3.27. The molecule has 0 atom stereocenters. The van der Waals surface area contributed by atoms with Crippen molar-refractivity contribution in [2.24, 2.45) is 0 Å². The van der Waals surface area contributed by atoms with E-state index in [4.69, 9.17) is 5.10 Å². The summed E-state index contributed by atoms with van der Waals surface area (Å²) < 4.78 is 3.77. The first kappa shape index (κ1) is 17.9. The summed E-state index contributed by atoms with van der Waals surface area (Å²) in [5, 5.41) is 13.4. The van der Waals surface area contributed by atoms with Crippen LogP contribution in [0.4, 0.5) is 5.82 Å². The van der Waals surface area contributed by atoms with E-state index < -0.39 is 0 Å². The van der Waals surface area contributed by atoms with Gasteiger partial charge in [-0.3, -0.25) is 4.57 Å². The number of anilines is 1. The molecule has 29 heavy (non-hydrogen) atoms. The van der Waals surface area contributed by atoms with Gasteiger partial charge in [0, 0.05) is 24.5 Å². The molecule has 4 heterocycles. The quantitative estimate of drug-likeness (QED) is 0.568. The zero-order valence-electron chi connectivity index (χ0n) is 17.0. The van der Waals surface area contributed by atoms with Gasteiger partial charge in [0.15, 0.2) is 11.5 Å². The molecule has 0 saturated carbocycles. The topological polar surface area (TPSA) is 84.1 Å². The van der Waals surface area contributed by atoms with Crippen LogP contribution in [0.5, 0.6) is 0 Å². The van der Waals surface area contributed by atoms with Crippen molar-refractivity contribution < 1.29 is 0 Å². The molecule has 8 nitrogen and oxygen atoms in total. The van der Waals surface area contributed by atoms with Crippen molar-refractivity contribution in [3.63, 3.8) is 0 Å². The molecule has 150 valence electrons. The van der Waals surface area contributed by atoms with E-state index in [-0.39, 0.29) is 17.1 Å². The van der Waals surface area contributed by atoms with E-state index in [1.807, 2.05) is 45.5 Å². The van der Waals surface area contributed by atoms with Gasteiger partial charge in [0.05, 0.1) is 11.0 Å². The number of hydrogen-bond donors (Lipinski definition) is 1. The number of fused-ring (bicyclic) bond motifs is 2. The molecular weight excluding hydrogens is 366 g/mol. The number of nitrogens with one attached hydrogen (secondary N) is 1. The molecule has 1 saturated heterocycles. The third-order valence-corrected chi connectivity index (χ3v) is 5.70. The highest BCUT2D eigenvalue weighted by Gasteiger charge is 2.26. The largest absolute Gasteiger partial charge is 0.355 e. The first-order valence-corrected chi connectivity index (χ1v) is 10.1. The Kier molecular flexibility index (Phi) is 3.97. The van der Waals surface area contributed by atoms with Crippen molar-refractivity contribution in [1.82, 2.24) is 29.4 Å². The fourth-order valence-electron chi connectivity index (χ4n) is 4.21. The number of piperidine rings is 1. The van der Waals surface area contributed by atoms with Crippen LogP contribution in [0.3, 0.4) is 0 Å². The van der Waals surface area contributed by atoms with Gasteiger partial charge in [-0.25, -0.2) is 4.79 Å². The first-order valence-electron chi connectivity index (χ1n) is 10.1. The van der Waals surface area contributed by atoms with E-state index in [9.17, 15) is 4.79 Å². The molecule has 3 aromatic heterocycles. The van der Waals surface area contributed by atoms with Gasteiger partial charge in [0.25, 0.3) is 0 Å². The van der Waals surface area contributed by atoms with Crippen LogP contribution in [0.2, 0.25) is 0 Å². The summed E-state index contributed by atoms with van der Waals surface area (Å²) in [4.78, 5) is 17.8. The van der Waals surface area contributed by atoms with Crippen molar-refractivity contribution in [1.29, 1.82) is 0 Å². The number of H-pyrrole nitrogens is 1. The van der Waals surface area contributed by atoms with Gasteiger partial charge in [-0.1, -0.05) is 32.9 Å². The van der Waals surface area contributed by atoms with E-state index in [0.717, 1.165) is 54.3 Å². The average molecular weight is 391 g/mol.